The van der Waals surface area contributed by atoms with Gasteiger partial charge in [-0.1, -0.05) is 60.1 Å². The van der Waals surface area contributed by atoms with Crippen LogP contribution in [0.1, 0.15) is 12.0 Å². The Morgan fingerprint density at radius 2 is 1.58 bits per heavy atom. The SMILES string of the molecule is Nc1c(S(=O)(=O)c2cccc(Cl)c2)c2nc3ccccc3nc2n1CCCc1ccccc1. The highest BCUT2D eigenvalue weighted by Crippen LogP contribution is 2.36. The van der Waals surface area contributed by atoms with Crippen LogP contribution < -0.4 is 5.73 Å². The molecule has 0 bridgehead atoms. The van der Waals surface area contributed by atoms with Gasteiger partial charge in [0.2, 0.25) is 9.84 Å². The second-order valence-electron chi connectivity index (χ2n) is 7.80. The van der Waals surface area contributed by atoms with Crippen LogP contribution in [-0.4, -0.2) is 23.0 Å². The molecule has 6 nitrogen and oxygen atoms in total. The molecule has 0 spiro atoms. The molecule has 2 heterocycles. The number of nitrogen functional groups attached to an aromatic ring is 1. The molecular formula is C25H21ClN4O2S. The average Bonchev–Trinajstić information content (AvgIpc) is 3.09. The summed E-state index contributed by atoms with van der Waals surface area (Å²) in [4.78, 5) is 9.44. The molecular weight excluding hydrogens is 456 g/mol. The van der Waals surface area contributed by atoms with E-state index >= 15 is 0 Å². The van der Waals surface area contributed by atoms with Gasteiger partial charge in [0.15, 0.2) is 5.65 Å². The van der Waals surface area contributed by atoms with Crippen LogP contribution in [0.3, 0.4) is 0 Å². The third-order valence-corrected chi connectivity index (χ3v) is 7.66. The minimum atomic E-state index is -3.98. The molecule has 5 rings (SSSR count). The number of anilines is 1. The standard InChI is InChI=1S/C25H21ClN4O2S/c26-18-11-6-12-19(16-18)33(31,32)23-22-25(29-21-14-5-4-13-20(21)28-22)30(24(23)27)15-7-10-17-8-2-1-3-9-17/h1-6,8-9,11-14,16H,7,10,15,27H2. The monoisotopic (exact) mass is 476 g/mol. The van der Waals surface area contributed by atoms with Crippen LogP contribution in [0.4, 0.5) is 5.82 Å². The van der Waals surface area contributed by atoms with Crippen molar-refractivity contribution in [1.82, 2.24) is 14.5 Å². The van der Waals surface area contributed by atoms with Crippen LogP contribution in [0.15, 0.2) is 88.7 Å². The number of benzene rings is 3. The van der Waals surface area contributed by atoms with Crippen molar-refractivity contribution in [2.24, 2.45) is 0 Å². The molecule has 0 aliphatic heterocycles. The minimum absolute atomic E-state index is 0.0299. The summed E-state index contributed by atoms with van der Waals surface area (Å²) < 4.78 is 29.1. The maximum atomic E-state index is 13.6. The number of hydrogen-bond donors (Lipinski definition) is 1. The van der Waals surface area contributed by atoms with E-state index < -0.39 is 9.84 Å². The van der Waals surface area contributed by atoms with Gasteiger partial charge in [0.1, 0.15) is 16.2 Å². The van der Waals surface area contributed by atoms with Crippen LogP contribution in [0.2, 0.25) is 5.02 Å². The van der Waals surface area contributed by atoms with Crippen LogP contribution in [0.25, 0.3) is 22.2 Å². The number of aryl methyl sites for hydroxylation is 2. The van der Waals surface area contributed by atoms with Gasteiger partial charge in [0.05, 0.1) is 15.9 Å². The van der Waals surface area contributed by atoms with E-state index in [1.165, 1.54) is 17.7 Å². The second-order valence-corrected chi connectivity index (χ2v) is 10.1. The van der Waals surface area contributed by atoms with Gasteiger partial charge in [-0.15, -0.1) is 0 Å². The van der Waals surface area contributed by atoms with Crippen LogP contribution in [0, 0.1) is 0 Å². The normalized spacial score (nSPS) is 11.9. The molecule has 0 saturated carbocycles. The Morgan fingerprint density at radius 3 is 2.30 bits per heavy atom. The largest absolute Gasteiger partial charge is 0.384 e. The van der Waals surface area contributed by atoms with Gasteiger partial charge in [-0.3, -0.25) is 0 Å². The van der Waals surface area contributed by atoms with E-state index in [2.05, 4.69) is 17.1 Å². The maximum Gasteiger partial charge on any atom is 0.212 e. The molecule has 5 aromatic rings. The number of nitrogens with two attached hydrogens (primary N) is 1. The van der Waals surface area contributed by atoms with E-state index in [4.69, 9.17) is 22.3 Å². The Hall–Kier alpha value is -3.42. The molecule has 0 atom stereocenters. The van der Waals surface area contributed by atoms with Gasteiger partial charge < -0.3 is 10.3 Å². The first-order chi connectivity index (χ1) is 15.9. The van der Waals surface area contributed by atoms with E-state index in [0.29, 0.717) is 28.2 Å². The van der Waals surface area contributed by atoms with E-state index in [0.717, 1.165) is 12.8 Å². The van der Waals surface area contributed by atoms with Crippen molar-refractivity contribution in [2.75, 3.05) is 5.73 Å². The fraction of sp³-hybridized carbons (Fsp3) is 0.120. The number of para-hydroxylation sites is 2. The molecule has 0 radical (unpaired) electrons. The molecule has 2 N–H and O–H groups in total. The third-order valence-electron chi connectivity index (χ3n) is 5.61. The van der Waals surface area contributed by atoms with Crippen LogP contribution in [-0.2, 0) is 22.8 Å². The van der Waals surface area contributed by atoms with E-state index in [9.17, 15) is 8.42 Å². The summed E-state index contributed by atoms with van der Waals surface area (Å²) in [6, 6.07) is 23.7. The number of aromatic nitrogens is 3. The highest BCUT2D eigenvalue weighted by Gasteiger charge is 2.30. The Kier molecular flexibility index (Phi) is 5.52. The number of nitrogens with zero attached hydrogens (tertiary/aromatic N) is 3. The van der Waals surface area contributed by atoms with Gasteiger partial charge in [0, 0.05) is 11.6 Å². The summed E-state index contributed by atoms with van der Waals surface area (Å²) in [5, 5.41) is 0.331. The Balaban J connectivity index is 1.67. The van der Waals surface area contributed by atoms with Crippen molar-refractivity contribution in [3.05, 3.63) is 89.4 Å². The zero-order chi connectivity index (χ0) is 23.0. The number of rotatable bonds is 6. The molecule has 33 heavy (non-hydrogen) atoms. The Labute approximate surface area is 196 Å². The van der Waals surface area contributed by atoms with Gasteiger partial charge in [0.25, 0.3) is 0 Å². The van der Waals surface area contributed by atoms with Crippen molar-refractivity contribution in [2.45, 2.75) is 29.2 Å². The lowest BCUT2D eigenvalue weighted by molar-refractivity contribution is 0.596. The summed E-state index contributed by atoms with van der Waals surface area (Å²) in [7, 11) is -3.98. The fourth-order valence-electron chi connectivity index (χ4n) is 4.02. The maximum absolute atomic E-state index is 13.6. The smallest absolute Gasteiger partial charge is 0.212 e. The average molecular weight is 477 g/mol. The van der Waals surface area contributed by atoms with Gasteiger partial charge in [-0.2, -0.15) is 0 Å². The molecule has 3 aromatic carbocycles. The second kappa shape index (κ2) is 8.50. The van der Waals surface area contributed by atoms with Crippen molar-refractivity contribution in [3.8, 4) is 0 Å². The van der Waals surface area contributed by atoms with Crippen molar-refractivity contribution < 1.29 is 8.42 Å². The predicted octanol–water partition coefficient (Wildman–Crippen LogP) is 5.29. The predicted molar refractivity (Wildman–Crippen MR) is 131 cm³/mol. The lowest BCUT2D eigenvalue weighted by Gasteiger charge is -2.09. The molecule has 0 aliphatic carbocycles. The molecule has 0 saturated heterocycles. The van der Waals surface area contributed by atoms with Crippen LogP contribution >= 0.6 is 11.6 Å². The Bertz CT molecular complexity index is 1580. The highest BCUT2D eigenvalue weighted by molar-refractivity contribution is 7.92. The summed E-state index contributed by atoms with van der Waals surface area (Å²) in [6.45, 7) is 0.509. The van der Waals surface area contributed by atoms with Crippen molar-refractivity contribution >= 4 is 49.5 Å². The first kappa shape index (κ1) is 21.4. The molecule has 0 fully saturated rings. The van der Waals surface area contributed by atoms with Crippen LogP contribution in [0.5, 0.6) is 0 Å². The fourth-order valence-corrected chi connectivity index (χ4v) is 5.83. The summed E-state index contributed by atoms with van der Waals surface area (Å²) in [5.74, 6) is 0.133. The third kappa shape index (κ3) is 3.94. The van der Waals surface area contributed by atoms with Crippen molar-refractivity contribution in [1.29, 1.82) is 0 Å². The zero-order valence-electron chi connectivity index (χ0n) is 17.6. The quantitative estimate of drug-likeness (QED) is 0.359. The number of halogens is 1. The van der Waals surface area contributed by atoms with Crippen molar-refractivity contribution in [3.63, 3.8) is 0 Å². The van der Waals surface area contributed by atoms with Gasteiger partial charge in [-0.05, 0) is 48.7 Å². The summed E-state index contributed by atoms with van der Waals surface area (Å²) >= 11 is 6.08. The minimum Gasteiger partial charge on any atom is -0.384 e. The highest BCUT2D eigenvalue weighted by atomic mass is 35.5. The summed E-state index contributed by atoms with van der Waals surface area (Å²) in [5.41, 5.74) is 9.71. The molecule has 0 amide bonds. The first-order valence-corrected chi connectivity index (χ1v) is 12.4. The lowest BCUT2D eigenvalue weighted by atomic mass is 10.1. The Morgan fingerprint density at radius 1 is 0.879 bits per heavy atom. The van der Waals surface area contributed by atoms with E-state index in [1.54, 1.807) is 22.8 Å². The summed E-state index contributed by atoms with van der Waals surface area (Å²) in [6.07, 6.45) is 1.60. The lowest BCUT2D eigenvalue weighted by Crippen LogP contribution is -2.09. The molecule has 166 valence electrons. The van der Waals surface area contributed by atoms with E-state index in [-0.39, 0.29) is 21.1 Å². The topological polar surface area (TPSA) is 90.9 Å². The van der Waals surface area contributed by atoms with Gasteiger partial charge >= 0.3 is 0 Å². The van der Waals surface area contributed by atoms with E-state index in [1.807, 2.05) is 36.4 Å². The van der Waals surface area contributed by atoms with Gasteiger partial charge in [-0.25, -0.2) is 18.4 Å². The number of sulfone groups is 1. The zero-order valence-corrected chi connectivity index (χ0v) is 19.2. The first-order valence-electron chi connectivity index (χ1n) is 10.5. The molecule has 0 unspecified atom stereocenters. The molecule has 8 heteroatoms. The number of hydrogen-bond acceptors (Lipinski definition) is 5. The number of fused-ring (bicyclic) bond motifs is 2. The molecule has 2 aromatic heterocycles. The molecule has 0 aliphatic rings.